The van der Waals surface area contributed by atoms with Gasteiger partial charge in [-0.3, -0.25) is 4.68 Å². The molecule has 1 N–H and O–H groups in total. The molecule has 2 heterocycles. The van der Waals surface area contributed by atoms with Gasteiger partial charge in [0.15, 0.2) is 0 Å². The Morgan fingerprint density at radius 1 is 1.61 bits per heavy atom. The maximum Gasteiger partial charge on any atom is 0.0753 e. The summed E-state index contributed by atoms with van der Waals surface area (Å²) >= 11 is 0. The van der Waals surface area contributed by atoms with Crippen molar-refractivity contribution in [1.29, 1.82) is 0 Å². The van der Waals surface area contributed by atoms with Crippen LogP contribution in [0.4, 0.5) is 0 Å². The van der Waals surface area contributed by atoms with Gasteiger partial charge in [-0.05, 0) is 38.6 Å². The lowest BCUT2D eigenvalue weighted by Gasteiger charge is -2.19. The molecular weight excluding hydrogens is 228 g/mol. The summed E-state index contributed by atoms with van der Waals surface area (Å²) in [6, 6.07) is 0.342. The Hall–Kier alpha value is -0.940. The van der Waals surface area contributed by atoms with Gasteiger partial charge in [0, 0.05) is 13.7 Å². The summed E-state index contributed by atoms with van der Waals surface area (Å²) in [6.07, 6.45) is 8.09. The molecular formula is C13H24N4O. The van der Waals surface area contributed by atoms with Crippen molar-refractivity contribution in [3.05, 3.63) is 11.9 Å². The van der Waals surface area contributed by atoms with Crippen LogP contribution in [0.15, 0.2) is 6.20 Å². The molecule has 1 aromatic heterocycles. The Morgan fingerprint density at radius 2 is 2.50 bits per heavy atom. The fourth-order valence-electron chi connectivity index (χ4n) is 2.51. The first-order valence-corrected chi connectivity index (χ1v) is 7.00. The number of aryl methyl sites for hydroxylation is 1. The van der Waals surface area contributed by atoms with Crippen molar-refractivity contribution in [2.45, 2.75) is 51.2 Å². The number of ether oxygens (including phenoxy) is 1. The van der Waals surface area contributed by atoms with Gasteiger partial charge in [0.25, 0.3) is 0 Å². The van der Waals surface area contributed by atoms with Crippen molar-refractivity contribution >= 4 is 0 Å². The number of nitrogens with zero attached hydrogens (tertiary/aromatic N) is 3. The lowest BCUT2D eigenvalue weighted by molar-refractivity contribution is 0.0993. The van der Waals surface area contributed by atoms with Crippen LogP contribution in [0.25, 0.3) is 0 Å². The van der Waals surface area contributed by atoms with E-state index < -0.39 is 0 Å². The molecule has 1 aliphatic rings. The van der Waals surface area contributed by atoms with Gasteiger partial charge in [-0.25, -0.2) is 0 Å². The Morgan fingerprint density at radius 3 is 3.11 bits per heavy atom. The maximum absolute atomic E-state index is 5.69. The maximum atomic E-state index is 5.69. The fraction of sp³-hybridized carbons (Fsp3) is 0.846. The molecule has 5 heteroatoms. The van der Waals surface area contributed by atoms with E-state index in [1.54, 1.807) is 0 Å². The predicted molar refractivity (Wildman–Crippen MR) is 70.2 cm³/mol. The smallest absolute Gasteiger partial charge is 0.0753 e. The van der Waals surface area contributed by atoms with Crippen LogP contribution < -0.4 is 5.32 Å². The largest absolute Gasteiger partial charge is 0.378 e. The van der Waals surface area contributed by atoms with Gasteiger partial charge in [0.2, 0.25) is 0 Å². The number of hydrogen-bond donors (Lipinski definition) is 1. The van der Waals surface area contributed by atoms with Gasteiger partial charge in [0.05, 0.1) is 24.0 Å². The Bertz CT molecular complexity index is 347. The van der Waals surface area contributed by atoms with Crippen molar-refractivity contribution in [2.75, 3.05) is 13.2 Å². The predicted octanol–water partition coefficient (Wildman–Crippen LogP) is 1.81. The lowest BCUT2D eigenvalue weighted by Crippen LogP contribution is -2.25. The van der Waals surface area contributed by atoms with Crippen LogP contribution in [-0.4, -0.2) is 34.2 Å². The highest BCUT2D eigenvalue weighted by molar-refractivity contribution is 5.01. The zero-order valence-electron chi connectivity index (χ0n) is 11.4. The third-order valence-corrected chi connectivity index (χ3v) is 3.55. The van der Waals surface area contributed by atoms with Crippen LogP contribution in [0.5, 0.6) is 0 Å². The second-order valence-corrected chi connectivity index (χ2v) is 5.00. The number of rotatable bonds is 7. The van der Waals surface area contributed by atoms with Crippen LogP contribution in [0.1, 0.15) is 50.8 Å². The average Bonchev–Trinajstić information content (AvgIpc) is 3.01. The molecule has 5 nitrogen and oxygen atoms in total. The van der Waals surface area contributed by atoms with Crippen molar-refractivity contribution in [3.8, 4) is 0 Å². The summed E-state index contributed by atoms with van der Waals surface area (Å²) in [5.74, 6) is 0. The van der Waals surface area contributed by atoms with Crippen molar-refractivity contribution in [3.63, 3.8) is 0 Å². The first-order valence-electron chi connectivity index (χ1n) is 7.00. The first-order chi connectivity index (χ1) is 8.81. The normalized spacial score (nSPS) is 21.3. The summed E-state index contributed by atoms with van der Waals surface area (Å²) in [7, 11) is 1.95. The minimum Gasteiger partial charge on any atom is -0.378 e. The molecule has 2 rings (SSSR count). The molecule has 0 amide bonds. The highest BCUT2D eigenvalue weighted by atomic mass is 16.5. The van der Waals surface area contributed by atoms with E-state index in [9.17, 15) is 0 Å². The Balaban J connectivity index is 1.90. The van der Waals surface area contributed by atoms with Crippen LogP contribution in [0.2, 0.25) is 0 Å². The van der Waals surface area contributed by atoms with Crippen LogP contribution in [0.3, 0.4) is 0 Å². The SMILES string of the molecule is CCCNC(CCC1CCCO1)c1cnnn1C. The molecule has 18 heavy (non-hydrogen) atoms. The number of aromatic nitrogens is 3. The van der Waals surface area contributed by atoms with Crippen LogP contribution in [-0.2, 0) is 11.8 Å². The third kappa shape index (κ3) is 3.53. The second kappa shape index (κ2) is 6.85. The first kappa shape index (κ1) is 13.5. The molecule has 0 radical (unpaired) electrons. The minimum atomic E-state index is 0.342. The molecule has 1 aliphatic heterocycles. The summed E-state index contributed by atoms with van der Waals surface area (Å²) in [6.45, 7) is 4.15. The van der Waals surface area contributed by atoms with Crippen molar-refractivity contribution in [2.24, 2.45) is 7.05 Å². The van der Waals surface area contributed by atoms with Gasteiger partial charge in [-0.2, -0.15) is 0 Å². The van der Waals surface area contributed by atoms with E-state index in [4.69, 9.17) is 4.74 Å². The monoisotopic (exact) mass is 252 g/mol. The van der Waals surface area contributed by atoms with Gasteiger partial charge < -0.3 is 10.1 Å². The van der Waals surface area contributed by atoms with E-state index in [0.29, 0.717) is 12.1 Å². The highest BCUT2D eigenvalue weighted by Crippen LogP contribution is 2.23. The molecule has 0 spiro atoms. The average molecular weight is 252 g/mol. The molecule has 1 saturated heterocycles. The van der Waals surface area contributed by atoms with E-state index in [2.05, 4.69) is 22.6 Å². The second-order valence-electron chi connectivity index (χ2n) is 5.00. The molecule has 0 bridgehead atoms. The molecule has 1 fully saturated rings. The lowest BCUT2D eigenvalue weighted by atomic mass is 10.0. The van der Waals surface area contributed by atoms with E-state index >= 15 is 0 Å². The van der Waals surface area contributed by atoms with E-state index in [1.807, 2.05) is 17.9 Å². The zero-order valence-corrected chi connectivity index (χ0v) is 11.4. The summed E-state index contributed by atoms with van der Waals surface area (Å²) in [5, 5.41) is 11.6. The molecule has 2 atom stereocenters. The Kier molecular flexibility index (Phi) is 5.13. The van der Waals surface area contributed by atoms with Crippen molar-refractivity contribution in [1.82, 2.24) is 20.3 Å². The van der Waals surface area contributed by atoms with Gasteiger partial charge in [-0.1, -0.05) is 12.1 Å². The summed E-state index contributed by atoms with van der Waals surface area (Å²) in [5.41, 5.74) is 1.17. The third-order valence-electron chi connectivity index (χ3n) is 3.55. The van der Waals surface area contributed by atoms with Crippen LogP contribution in [0, 0.1) is 0 Å². The van der Waals surface area contributed by atoms with Gasteiger partial charge >= 0.3 is 0 Å². The molecule has 0 aliphatic carbocycles. The highest BCUT2D eigenvalue weighted by Gasteiger charge is 2.20. The quantitative estimate of drug-likeness (QED) is 0.804. The zero-order chi connectivity index (χ0) is 12.8. The van der Waals surface area contributed by atoms with Gasteiger partial charge in [-0.15, -0.1) is 5.10 Å². The molecule has 0 aromatic carbocycles. The molecule has 102 valence electrons. The molecule has 2 unspecified atom stereocenters. The number of nitrogens with one attached hydrogen (secondary N) is 1. The van der Waals surface area contributed by atoms with E-state index in [0.717, 1.165) is 32.4 Å². The van der Waals surface area contributed by atoms with Gasteiger partial charge in [0.1, 0.15) is 0 Å². The molecule has 1 aromatic rings. The fourth-order valence-corrected chi connectivity index (χ4v) is 2.51. The number of hydrogen-bond acceptors (Lipinski definition) is 4. The Labute approximate surface area is 109 Å². The summed E-state index contributed by atoms with van der Waals surface area (Å²) in [4.78, 5) is 0. The topological polar surface area (TPSA) is 52.0 Å². The summed E-state index contributed by atoms with van der Waals surface area (Å²) < 4.78 is 7.55. The standard InChI is InChI=1S/C13H24N4O/c1-3-8-14-12(13-10-15-16-17(13)2)7-6-11-5-4-9-18-11/h10-12,14H,3-9H2,1-2H3. The van der Waals surface area contributed by atoms with E-state index in [1.165, 1.54) is 18.5 Å². The van der Waals surface area contributed by atoms with Crippen LogP contribution >= 0.6 is 0 Å². The molecule has 0 saturated carbocycles. The van der Waals surface area contributed by atoms with E-state index in [-0.39, 0.29) is 0 Å². The van der Waals surface area contributed by atoms with Crippen molar-refractivity contribution < 1.29 is 4.74 Å². The minimum absolute atomic E-state index is 0.342.